The number of hydrogen-bond donors (Lipinski definition) is 0. The Morgan fingerprint density at radius 3 is 3.40 bits per heavy atom. The average molecular weight is 154 g/mol. The molecule has 0 atom stereocenters. The predicted octanol–water partition coefficient (Wildman–Crippen LogP) is 1.44. The van der Waals surface area contributed by atoms with Crippen LogP contribution in [-0.4, -0.2) is 15.3 Å². The molecular weight excluding hydrogens is 144 g/mol. The van der Waals surface area contributed by atoms with Gasteiger partial charge in [0.05, 0.1) is 11.4 Å². The molecule has 0 bridgehead atoms. The summed E-state index contributed by atoms with van der Waals surface area (Å²) in [5.74, 6) is 3.57. The molecule has 2 heterocycles. The quantitative estimate of drug-likeness (QED) is 0.562. The lowest BCUT2D eigenvalue weighted by molar-refractivity contribution is 0.718. The van der Waals surface area contributed by atoms with E-state index in [1.807, 2.05) is 11.8 Å². The predicted molar refractivity (Wildman–Crippen MR) is 43.1 cm³/mol. The fourth-order valence-electron chi connectivity index (χ4n) is 1.23. The number of aromatic nitrogens is 2. The van der Waals surface area contributed by atoms with Crippen molar-refractivity contribution < 1.29 is 0 Å². The van der Waals surface area contributed by atoms with Crippen molar-refractivity contribution >= 4 is 11.8 Å². The Hall–Kier alpha value is -0.440. The standard InChI is InChI=1S/C7H10N2S/c1-6-4-9-2-3-10-5-7(9)8-6/h4H,2-3,5H2,1H3. The second-order valence-corrected chi connectivity index (χ2v) is 3.65. The van der Waals surface area contributed by atoms with Crippen LogP contribution in [0.5, 0.6) is 0 Å². The smallest absolute Gasteiger partial charge is 0.119 e. The van der Waals surface area contributed by atoms with Crippen molar-refractivity contribution in [2.24, 2.45) is 0 Å². The number of fused-ring (bicyclic) bond motifs is 1. The highest BCUT2D eigenvalue weighted by molar-refractivity contribution is 7.98. The molecule has 1 aliphatic heterocycles. The minimum atomic E-state index is 1.09. The molecule has 0 saturated carbocycles. The van der Waals surface area contributed by atoms with Crippen LogP contribution in [0.1, 0.15) is 11.5 Å². The summed E-state index contributed by atoms with van der Waals surface area (Å²) in [6, 6.07) is 0. The summed E-state index contributed by atoms with van der Waals surface area (Å²) in [5.41, 5.74) is 1.15. The summed E-state index contributed by atoms with van der Waals surface area (Å²) in [6.45, 7) is 3.19. The molecule has 1 aromatic rings. The molecule has 0 unspecified atom stereocenters. The zero-order chi connectivity index (χ0) is 6.97. The Morgan fingerprint density at radius 1 is 1.70 bits per heavy atom. The van der Waals surface area contributed by atoms with E-state index >= 15 is 0 Å². The minimum Gasteiger partial charge on any atom is -0.333 e. The van der Waals surface area contributed by atoms with E-state index in [0.717, 1.165) is 18.0 Å². The number of imidazole rings is 1. The van der Waals surface area contributed by atoms with Crippen LogP contribution in [0.3, 0.4) is 0 Å². The summed E-state index contributed by atoms with van der Waals surface area (Å²) >= 11 is 1.97. The fraction of sp³-hybridized carbons (Fsp3) is 0.571. The second kappa shape index (κ2) is 2.31. The fourth-order valence-corrected chi connectivity index (χ4v) is 2.11. The SMILES string of the molecule is Cc1cn2c(n1)CSCC2. The van der Waals surface area contributed by atoms with Crippen molar-refractivity contribution in [3.8, 4) is 0 Å². The first kappa shape index (κ1) is 6.28. The van der Waals surface area contributed by atoms with Crippen LogP contribution in [0, 0.1) is 6.92 Å². The van der Waals surface area contributed by atoms with E-state index in [1.165, 1.54) is 11.6 Å². The van der Waals surface area contributed by atoms with Gasteiger partial charge >= 0.3 is 0 Å². The molecule has 0 fully saturated rings. The van der Waals surface area contributed by atoms with Gasteiger partial charge in [0.15, 0.2) is 0 Å². The third-order valence-electron chi connectivity index (χ3n) is 1.69. The first-order valence-corrected chi connectivity index (χ1v) is 4.62. The van der Waals surface area contributed by atoms with Gasteiger partial charge in [-0.25, -0.2) is 4.98 Å². The molecule has 0 spiro atoms. The summed E-state index contributed by atoms with van der Waals surface area (Å²) in [5, 5.41) is 0. The van der Waals surface area contributed by atoms with Gasteiger partial charge in [-0.2, -0.15) is 11.8 Å². The Bertz CT molecular complexity index is 218. The third kappa shape index (κ3) is 0.944. The molecule has 3 heteroatoms. The summed E-state index contributed by atoms with van der Waals surface area (Å²) < 4.78 is 2.26. The average Bonchev–Trinajstić information content (AvgIpc) is 2.27. The number of hydrogen-bond acceptors (Lipinski definition) is 2. The van der Waals surface area contributed by atoms with Crippen LogP contribution in [-0.2, 0) is 12.3 Å². The van der Waals surface area contributed by atoms with Gasteiger partial charge in [-0.1, -0.05) is 0 Å². The van der Waals surface area contributed by atoms with Crippen LogP contribution in [0.2, 0.25) is 0 Å². The second-order valence-electron chi connectivity index (χ2n) is 2.54. The number of thioether (sulfide) groups is 1. The molecule has 0 aromatic carbocycles. The van der Waals surface area contributed by atoms with E-state index in [2.05, 4.69) is 22.7 Å². The summed E-state index contributed by atoms with van der Waals surface area (Å²) in [7, 11) is 0. The monoisotopic (exact) mass is 154 g/mol. The molecule has 0 amide bonds. The molecule has 2 rings (SSSR count). The minimum absolute atomic E-state index is 1.09. The summed E-state index contributed by atoms with van der Waals surface area (Å²) in [6.07, 6.45) is 2.13. The molecule has 1 aliphatic rings. The molecule has 0 aliphatic carbocycles. The molecule has 0 saturated heterocycles. The third-order valence-corrected chi connectivity index (χ3v) is 2.62. The van der Waals surface area contributed by atoms with Crippen LogP contribution >= 0.6 is 11.8 Å². The van der Waals surface area contributed by atoms with Gasteiger partial charge in [-0.3, -0.25) is 0 Å². The highest BCUT2D eigenvalue weighted by Crippen LogP contribution is 2.17. The van der Waals surface area contributed by atoms with Crippen molar-refractivity contribution in [1.29, 1.82) is 0 Å². The first-order chi connectivity index (χ1) is 4.86. The van der Waals surface area contributed by atoms with Crippen molar-refractivity contribution in [1.82, 2.24) is 9.55 Å². The Labute approximate surface area is 64.6 Å². The largest absolute Gasteiger partial charge is 0.333 e. The van der Waals surface area contributed by atoms with Gasteiger partial charge in [0.1, 0.15) is 5.82 Å². The van der Waals surface area contributed by atoms with Gasteiger partial charge in [0, 0.05) is 18.5 Å². The highest BCUT2D eigenvalue weighted by Gasteiger charge is 2.09. The normalized spacial score (nSPS) is 16.9. The Morgan fingerprint density at radius 2 is 2.60 bits per heavy atom. The maximum absolute atomic E-state index is 4.39. The van der Waals surface area contributed by atoms with Crippen molar-refractivity contribution in [2.75, 3.05) is 5.75 Å². The maximum Gasteiger partial charge on any atom is 0.119 e. The van der Waals surface area contributed by atoms with Gasteiger partial charge in [-0.05, 0) is 6.92 Å². The lowest BCUT2D eigenvalue weighted by atomic mass is 10.5. The summed E-state index contributed by atoms with van der Waals surface area (Å²) in [4.78, 5) is 4.39. The Kier molecular flexibility index (Phi) is 1.45. The number of nitrogens with zero attached hydrogens (tertiary/aromatic N) is 2. The molecule has 2 nitrogen and oxygen atoms in total. The van der Waals surface area contributed by atoms with E-state index in [9.17, 15) is 0 Å². The van der Waals surface area contributed by atoms with E-state index in [-0.39, 0.29) is 0 Å². The highest BCUT2D eigenvalue weighted by atomic mass is 32.2. The molecule has 0 radical (unpaired) electrons. The van der Waals surface area contributed by atoms with Crippen LogP contribution in [0.4, 0.5) is 0 Å². The van der Waals surface area contributed by atoms with E-state index in [1.54, 1.807) is 0 Å². The molecule has 54 valence electrons. The van der Waals surface area contributed by atoms with Crippen LogP contribution in [0.25, 0.3) is 0 Å². The van der Waals surface area contributed by atoms with Crippen LogP contribution < -0.4 is 0 Å². The topological polar surface area (TPSA) is 17.8 Å². The van der Waals surface area contributed by atoms with E-state index in [4.69, 9.17) is 0 Å². The number of rotatable bonds is 0. The van der Waals surface area contributed by atoms with E-state index < -0.39 is 0 Å². The van der Waals surface area contributed by atoms with Crippen LogP contribution in [0.15, 0.2) is 6.20 Å². The first-order valence-electron chi connectivity index (χ1n) is 3.46. The van der Waals surface area contributed by atoms with Gasteiger partial charge in [-0.15, -0.1) is 0 Å². The lowest BCUT2D eigenvalue weighted by Crippen LogP contribution is -2.09. The molecular formula is C7H10N2S. The Balaban J connectivity index is 2.41. The zero-order valence-corrected chi connectivity index (χ0v) is 6.82. The van der Waals surface area contributed by atoms with Crippen molar-refractivity contribution in [3.05, 3.63) is 17.7 Å². The van der Waals surface area contributed by atoms with E-state index in [0.29, 0.717) is 0 Å². The van der Waals surface area contributed by atoms with Crippen molar-refractivity contribution in [3.63, 3.8) is 0 Å². The maximum atomic E-state index is 4.39. The lowest BCUT2D eigenvalue weighted by Gasteiger charge is -2.11. The molecule has 10 heavy (non-hydrogen) atoms. The van der Waals surface area contributed by atoms with Gasteiger partial charge in [0.2, 0.25) is 0 Å². The molecule has 0 N–H and O–H groups in total. The van der Waals surface area contributed by atoms with Gasteiger partial charge < -0.3 is 4.57 Å². The van der Waals surface area contributed by atoms with Crippen molar-refractivity contribution in [2.45, 2.75) is 19.2 Å². The zero-order valence-electron chi connectivity index (χ0n) is 6.00. The molecule has 1 aromatic heterocycles. The van der Waals surface area contributed by atoms with Gasteiger partial charge in [0.25, 0.3) is 0 Å². The number of aryl methyl sites for hydroxylation is 2.